The van der Waals surface area contributed by atoms with Crippen LogP contribution >= 0.6 is 0 Å². The third kappa shape index (κ3) is 3.93. The summed E-state index contributed by atoms with van der Waals surface area (Å²) in [5, 5.41) is 8.91. The molecule has 0 radical (unpaired) electrons. The Morgan fingerprint density at radius 3 is 2.37 bits per heavy atom. The van der Waals surface area contributed by atoms with Gasteiger partial charge in [-0.3, -0.25) is 9.79 Å². The number of para-hydroxylation sites is 1. The first-order valence-electron chi connectivity index (χ1n) is 5.91. The second-order valence-corrected chi connectivity index (χ2v) is 4.18. The van der Waals surface area contributed by atoms with Crippen molar-refractivity contribution in [1.82, 2.24) is 4.90 Å². The number of aliphatic hydroxyl groups is 1. The van der Waals surface area contributed by atoms with Gasteiger partial charge in [0.15, 0.2) is 0 Å². The Morgan fingerprint density at radius 2 is 1.89 bits per heavy atom. The summed E-state index contributed by atoms with van der Waals surface area (Å²) in [6.07, 6.45) is 0. The molecule has 3 N–H and O–H groups in total. The summed E-state index contributed by atoms with van der Waals surface area (Å²) in [4.78, 5) is 17.3. The van der Waals surface area contributed by atoms with E-state index in [9.17, 15) is 4.79 Å². The zero-order chi connectivity index (χ0) is 14.4. The summed E-state index contributed by atoms with van der Waals surface area (Å²) in [6.45, 7) is 2.91. The van der Waals surface area contributed by atoms with E-state index in [4.69, 9.17) is 10.8 Å². The number of rotatable bonds is 4. The van der Waals surface area contributed by atoms with Gasteiger partial charge in [0.1, 0.15) is 6.61 Å². The van der Waals surface area contributed by atoms with Gasteiger partial charge in [-0.15, -0.1) is 0 Å². The lowest BCUT2D eigenvalue weighted by Gasteiger charge is -2.21. The molecular weight excluding hydrogens is 242 g/mol. The molecule has 1 rings (SSSR count). The fourth-order valence-electron chi connectivity index (χ4n) is 1.77. The second kappa shape index (κ2) is 6.70. The molecule has 0 bridgehead atoms. The van der Waals surface area contributed by atoms with Crippen LogP contribution in [0, 0.1) is 0 Å². The van der Waals surface area contributed by atoms with E-state index in [0.29, 0.717) is 17.1 Å². The molecule has 5 heteroatoms. The van der Waals surface area contributed by atoms with Crippen molar-refractivity contribution < 1.29 is 9.90 Å². The number of carbonyl (C=O) groups excluding carboxylic acids is 1. The number of nitrogens with zero attached hydrogens (tertiary/aromatic N) is 2. The van der Waals surface area contributed by atoms with Crippen molar-refractivity contribution in [3.63, 3.8) is 0 Å². The van der Waals surface area contributed by atoms with E-state index < -0.39 is 12.5 Å². The van der Waals surface area contributed by atoms with Crippen molar-refractivity contribution in [3.05, 3.63) is 41.7 Å². The predicted molar refractivity (Wildman–Crippen MR) is 76.0 cm³/mol. The zero-order valence-electron chi connectivity index (χ0n) is 11.4. The Balaban J connectivity index is 3.12. The lowest BCUT2D eigenvalue weighted by Crippen LogP contribution is -2.33. The quantitative estimate of drug-likeness (QED) is 0.804. The number of allylic oxidation sites excluding steroid dienone is 2. The molecule has 0 aliphatic rings. The third-order valence-corrected chi connectivity index (χ3v) is 2.61. The van der Waals surface area contributed by atoms with Crippen molar-refractivity contribution >= 4 is 17.3 Å². The molecular formula is C14H19N3O2. The third-order valence-electron chi connectivity index (χ3n) is 2.61. The summed E-state index contributed by atoms with van der Waals surface area (Å²) < 4.78 is 0. The summed E-state index contributed by atoms with van der Waals surface area (Å²) in [6, 6.07) is 9.39. The maximum atomic E-state index is 11.5. The molecule has 1 amide bonds. The largest absolute Gasteiger partial charge is 0.401 e. The summed E-state index contributed by atoms with van der Waals surface area (Å²) in [7, 11) is 1.56. The van der Waals surface area contributed by atoms with E-state index in [1.165, 1.54) is 4.90 Å². The molecule has 0 atom stereocenters. The predicted octanol–water partition coefficient (Wildman–Crippen LogP) is 1.42. The van der Waals surface area contributed by atoms with Gasteiger partial charge in [-0.1, -0.05) is 18.2 Å². The van der Waals surface area contributed by atoms with Crippen molar-refractivity contribution in [3.8, 4) is 0 Å². The minimum atomic E-state index is -0.564. The molecule has 0 aromatic heterocycles. The highest BCUT2D eigenvalue weighted by Gasteiger charge is 2.16. The van der Waals surface area contributed by atoms with Crippen LogP contribution < -0.4 is 5.73 Å². The van der Waals surface area contributed by atoms with Gasteiger partial charge in [-0.25, -0.2) is 0 Å². The van der Waals surface area contributed by atoms with E-state index in [0.717, 1.165) is 5.69 Å². The standard InChI is InChI=1S/C14H19N3O2/c1-10(15)14(17(3)13(19)9-18)11(2)16-12-7-5-4-6-8-12/h4-8,18H,9,15H2,1-3H3. The minimum Gasteiger partial charge on any atom is -0.401 e. The van der Waals surface area contributed by atoms with Crippen LogP contribution in [-0.4, -0.2) is 35.3 Å². The van der Waals surface area contributed by atoms with Gasteiger partial charge in [0.05, 0.1) is 17.1 Å². The number of nitrogens with two attached hydrogens (primary N) is 1. The maximum absolute atomic E-state index is 11.5. The van der Waals surface area contributed by atoms with E-state index in [1.807, 2.05) is 30.3 Å². The number of benzene rings is 1. The number of hydrogen-bond donors (Lipinski definition) is 2. The van der Waals surface area contributed by atoms with Crippen LogP contribution in [-0.2, 0) is 4.79 Å². The van der Waals surface area contributed by atoms with Crippen LogP contribution in [0.25, 0.3) is 0 Å². The molecule has 0 saturated heterocycles. The molecule has 0 fully saturated rings. The minimum absolute atomic E-state index is 0.428. The lowest BCUT2D eigenvalue weighted by atomic mass is 10.2. The van der Waals surface area contributed by atoms with Crippen molar-refractivity contribution in [2.75, 3.05) is 13.7 Å². The summed E-state index contributed by atoms with van der Waals surface area (Å²) in [5.41, 5.74) is 8.20. The van der Waals surface area contributed by atoms with E-state index in [-0.39, 0.29) is 0 Å². The molecule has 0 aliphatic carbocycles. The number of aliphatic hydroxyl groups excluding tert-OH is 1. The van der Waals surface area contributed by atoms with Gasteiger partial charge < -0.3 is 15.7 Å². The van der Waals surface area contributed by atoms with Crippen LogP contribution in [0.4, 0.5) is 5.69 Å². The van der Waals surface area contributed by atoms with E-state index in [1.54, 1.807) is 20.9 Å². The Kier molecular flexibility index (Phi) is 5.26. The number of hydrogen-bond acceptors (Lipinski definition) is 4. The normalized spacial score (nSPS) is 12.9. The molecule has 0 unspecified atom stereocenters. The first kappa shape index (κ1) is 14.9. The van der Waals surface area contributed by atoms with Gasteiger partial charge in [0, 0.05) is 12.7 Å². The van der Waals surface area contributed by atoms with Gasteiger partial charge in [-0.2, -0.15) is 0 Å². The van der Waals surface area contributed by atoms with Crippen LogP contribution in [0.1, 0.15) is 13.8 Å². The number of likely N-dealkylation sites (N-methyl/N-ethyl adjacent to an activating group) is 1. The smallest absolute Gasteiger partial charge is 0.252 e. The van der Waals surface area contributed by atoms with Gasteiger partial charge >= 0.3 is 0 Å². The fraction of sp³-hybridized carbons (Fsp3) is 0.286. The molecule has 19 heavy (non-hydrogen) atoms. The van der Waals surface area contributed by atoms with Gasteiger partial charge in [-0.05, 0) is 26.0 Å². The van der Waals surface area contributed by atoms with Gasteiger partial charge in [0.25, 0.3) is 5.91 Å². The Hall–Kier alpha value is -2.14. The number of aliphatic imine (C=N–C) groups is 1. The topological polar surface area (TPSA) is 78.9 Å². The monoisotopic (exact) mass is 261 g/mol. The van der Waals surface area contributed by atoms with Gasteiger partial charge in [0.2, 0.25) is 0 Å². The van der Waals surface area contributed by atoms with Crippen molar-refractivity contribution in [2.24, 2.45) is 10.7 Å². The van der Waals surface area contributed by atoms with Crippen molar-refractivity contribution in [1.29, 1.82) is 0 Å². The Bertz CT molecular complexity index is 503. The Labute approximate surface area is 113 Å². The molecule has 1 aromatic rings. The zero-order valence-corrected chi connectivity index (χ0v) is 11.4. The Morgan fingerprint density at radius 1 is 1.32 bits per heavy atom. The highest BCUT2D eigenvalue weighted by atomic mass is 16.3. The molecule has 0 heterocycles. The summed E-state index contributed by atoms with van der Waals surface area (Å²) in [5.74, 6) is -0.428. The molecule has 1 aromatic carbocycles. The second-order valence-electron chi connectivity index (χ2n) is 4.18. The first-order chi connectivity index (χ1) is 8.97. The molecule has 5 nitrogen and oxygen atoms in total. The van der Waals surface area contributed by atoms with Crippen molar-refractivity contribution in [2.45, 2.75) is 13.8 Å². The lowest BCUT2D eigenvalue weighted by molar-refractivity contribution is -0.130. The van der Waals surface area contributed by atoms with E-state index >= 15 is 0 Å². The first-order valence-corrected chi connectivity index (χ1v) is 5.91. The fourth-order valence-corrected chi connectivity index (χ4v) is 1.77. The molecule has 102 valence electrons. The maximum Gasteiger partial charge on any atom is 0.252 e. The van der Waals surface area contributed by atoms with Crippen LogP contribution in [0.5, 0.6) is 0 Å². The number of carbonyl (C=O) groups is 1. The van der Waals surface area contributed by atoms with Crippen LogP contribution in [0.3, 0.4) is 0 Å². The SMILES string of the molecule is CC(=Nc1ccccc1)C(=C(C)N)N(C)C(=O)CO. The highest BCUT2D eigenvalue weighted by molar-refractivity contribution is 6.03. The number of amides is 1. The molecule has 0 aliphatic heterocycles. The van der Waals surface area contributed by atoms with Crippen LogP contribution in [0.15, 0.2) is 46.7 Å². The summed E-state index contributed by atoms with van der Waals surface area (Å²) >= 11 is 0. The van der Waals surface area contributed by atoms with E-state index in [2.05, 4.69) is 4.99 Å². The van der Waals surface area contributed by atoms with Crippen LogP contribution in [0.2, 0.25) is 0 Å². The molecule has 0 spiro atoms. The average Bonchev–Trinajstić information content (AvgIpc) is 2.38. The highest BCUT2D eigenvalue weighted by Crippen LogP contribution is 2.15. The molecule has 0 saturated carbocycles. The average molecular weight is 261 g/mol.